The van der Waals surface area contributed by atoms with Gasteiger partial charge in [-0.25, -0.2) is 0 Å². The fourth-order valence-corrected chi connectivity index (χ4v) is 0.481. The molecule has 4 heteroatoms. The molecule has 0 aromatic carbocycles. The van der Waals surface area contributed by atoms with Gasteiger partial charge in [-0.05, 0) is 0 Å². The Kier molecular flexibility index (Phi) is 4.98. The first-order valence-corrected chi connectivity index (χ1v) is 3.34. The van der Waals surface area contributed by atoms with Crippen LogP contribution in [-0.2, 0) is 4.79 Å². The van der Waals surface area contributed by atoms with Crippen molar-refractivity contribution in [3.05, 3.63) is 11.6 Å². The highest BCUT2D eigenvalue weighted by molar-refractivity contribution is 6.29. The number of hydrogen-bond acceptors (Lipinski definition) is 2. The monoisotopic (exact) mass is 162 g/mol. The summed E-state index contributed by atoms with van der Waals surface area (Å²) in [6.07, 6.45) is 0.337. The second-order valence-electron chi connectivity index (χ2n) is 1.83. The van der Waals surface area contributed by atoms with Crippen molar-refractivity contribution >= 4 is 17.5 Å². The minimum Gasteiger partial charge on any atom is -0.351 e. The minimum absolute atomic E-state index is 0.0932. The van der Waals surface area contributed by atoms with Crippen LogP contribution in [0.3, 0.4) is 0 Å². The van der Waals surface area contributed by atoms with Gasteiger partial charge in [-0.3, -0.25) is 4.79 Å². The number of carbonyl (C=O) groups is 1. The Labute approximate surface area is 65.2 Å². The molecule has 0 aromatic heterocycles. The first-order chi connectivity index (χ1) is 4.66. The van der Waals surface area contributed by atoms with E-state index in [2.05, 4.69) is 11.9 Å². The third-order valence-electron chi connectivity index (χ3n) is 0.849. The van der Waals surface area contributed by atoms with Crippen molar-refractivity contribution in [2.45, 2.75) is 6.42 Å². The van der Waals surface area contributed by atoms with Crippen LogP contribution in [0.25, 0.3) is 0 Å². The number of amides is 1. The van der Waals surface area contributed by atoms with Crippen molar-refractivity contribution in [3.63, 3.8) is 0 Å². The van der Waals surface area contributed by atoms with E-state index in [9.17, 15) is 4.79 Å². The zero-order valence-electron chi connectivity index (χ0n) is 5.69. The van der Waals surface area contributed by atoms with Gasteiger partial charge in [0.2, 0.25) is 5.91 Å². The molecule has 0 spiro atoms. The van der Waals surface area contributed by atoms with Crippen LogP contribution in [0.2, 0.25) is 0 Å². The predicted octanol–water partition coefficient (Wildman–Crippen LogP) is 0.204. The maximum Gasteiger partial charge on any atom is 0.221 e. The molecule has 0 heterocycles. The molecule has 0 bridgehead atoms. The molecular formula is C6H11ClN2O. The van der Waals surface area contributed by atoms with E-state index in [0.717, 1.165) is 0 Å². The molecule has 1 amide bonds. The van der Waals surface area contributed by atoms with Crippen LogP contribution in [0.5, 0.6) is 0 Å². The summed E-state index contributed by atoms with van der Waals surface area (Å²) < 4.78 is 0. The van der Waals surface area contributed by atoms with E-state index >= 15 is 0 Å². The summed E-state index contributed by atoms with van der Waals surface area (Å²) in [5, 5.41) is 2.95. The Balaban J connectivity index is 3.30. The molecule has 0 atom stereocenters. The molecule has 0 rings (SSSR count). The van der Waals surface area contributed by atoms with E-state index in [4.69, 9.17) is 17.3 Å². The second-order valence-corrected chi connectivity index (χ2v) is 2.37. The molecule has 10 heavy (non-hydrogen) atoms. The molecule has 0 unspecified atom stereocenters. The van der Waals surface area contributed by atoms with Crippen molar-refractivity contribution in [2.24, 2.45) is 5.73 Å². The molecule has 3 N–H and O–H groups in total. The Bertz CT molecular complexity index is 136. The van der Waals surface area contributed by atoms with Crippen molar-refractivity contribution < 1.29 is 4.79 Å². The largest absolute Gasteiger partial charge is 0.351 e. The highest BCUT2D eigenvalue weighted by Gasteiger charge is 1.97. The molecule has 0 aliphatic carbocycles. The lowest BCUT2D eigenvalue weighted by molar-refractivity contribution is -0.120. The molecule has 58 valence electrons. The fraction of sp³-hybridized carbons (Fsp3) is 0.500. The van der Waals surface area contributed by atoms with Crippen molar-refractivity contribution in [1.29, 1.82) is 0 Å². The number of hydrogen-bond donors (Lipinski definition) is 2. The second kappa shape index (κ2) is 5.26. The Morgan fingerprint density at radius 1 is 1.70 bits per heavy atom. The number of carbonyl (C=O) groups excluding carboxylic acids is 1. The zero-order valence-corrected chi connectivity index (χ0v) is 6.45. The van der Waals surface area contributed by atoms with Gasteiger partial charge < -0.3 is 11.1 Å². The maximum absolute atomic E-state index is 10.7. The number of nitrogens with two attached hydrogens (primary N) is 1. The summed E-state index contributed by atoms with van der Waals surface area (Å²) in [4.78, 5) is 10.7. The molecule has 0 aliphatic rings. The van der Waals surface area contributed by atoms with Crippen LogP contribution in [0.1, 0.15) is 6.42 Å². The van der Waals surface area contributed by atoms with E-state index in [1.165, 1.54) is 0 Å². The van der Waals surface area contributed by atoms with E-state index < -0.39 is 0 Å². The van der Waals surface area contributed by atoms with Gasteiger partial charge in [0.1, 0.15) is 0 Å². The Morgan fingerprint density at radius 3 is 2.70 bits per heavy atom. The summed E-state index contributed by atoms with van der Waals surface area (Å²) in [7, 11) is 0. The molecular weight excluding hydrogens is 152 g/mol. The van der Waals surface area contributed by atoms with Crippen LogP contribution in [0.4, 0.5) is 0 Å². The quantitative estimate of drug-likeness (QED) is 0.621. The first kappa shape index (κ1) is 9.46. The average molecular weight is 163 g/mol. The van der Waals surface area contributed by atoms with Crippen LogP contribution in [-0.4, -0.2) is 19.0 Å². The molecule has 0 aromatic rings. The summed E-state index contributed by atoms with van der Waals surface area (Å²) in [5.41, 5.74) is 5.12. The summed E-state index contributed by atoms with van der Waals surface area (Å²) in [6, 6.07) is 0. The molecule has 0 aliphatic heterocycles. The smallest absolute Gasteiger partial charge is 0.221 e. The van der Waals surface area contributed by atoms with Gasteiger partial charge in [0.25, 0.3) is 0 Å². The van der Waals surface area contributed by atoms with Crippen molar-refractivity contribution in [3.8, 4) is 0 Å². The van der Waals surface area contributed by atoms with Gasteiger partial charge in [0, 0.05) is 18.0 Å². The summed E-state index contributed by atoms with van der Waals surface area (Å²) >= 11 is 5.38. The van der Waals surface area contributed by atoms with Crippen LogP contribution >= 0.6 is 11.6 Å². The zero-order chi connectivity index (χ0) is 7.98. The van der Waals surface area contributed by atoms with Gasteiger partial charge in [-0.1, -0.05) is 18.2 Å². The SMILES string of the molecule is C=C(Cl)CNC(=O)CCN. The first-order valence-electron chi connectivity index (χ1n) is 2.97. The fourth-order valence-electron chi connectivity index (χ4n) is 0.414. The Hall–Kier alpha value is -0.540. The average Bonchev–Trinajstić information content (AvgIpc) is 1.85. The van der Waals surface area contributed by atoms with Crippen LogP contribution in [0.15, 0.2) is 11.6 Å². The molecule has 0 saturated heterocycles. The van der Waals surface area contributed by atoms with Gasteiger partial charge in [-0.15, -0.1) is 0 Å². The lowest BCUT2D eigenvalue weighted by Gasteiger charge is -2.00. The molecule has 3 nitrogen and oxygen atoms in total. The van der Waals surface area contributed by atoms with Gasteiger partial charge in [0.15, 0.2) is 0 Å². The standard InChI is InChI=1S/C6H11ClN2O/c1-5(7)4-9-6(10)2-3-8/h1-4,8H2,(H,9,10). The van der Waals surface area contributed by atoms with Crippen molar-refractivity contribution in [1.82, 2.24) is 5.32 Å². The normalized spacial score (nSPS) is 9.00. The predicted molar refractivity (Wildman–Crippen MR) is 41.7 cm³/mol. The number of halogens is 1. The number of rotatable bonds is 4. The summed E-state index contributed by atoms with van der Waals surface area (Å²) in [5.74, 6) is -0.0932. The van der Waals surface area contributed by atoms with E-state index in [1.807, 2.05) is 0 Å². The molecule has 0 fully saturated rings. The van der Waals surface area contributed by atoms with Gasteiger partial charge in [0.05, 0.1) is 6.54 Å². The van der Waals surface area contributed by atoms with Crippen LogP contribution in [0, 0.1) is 0 Å². The van der Waals surface area contributed by atoms with E-state index in [0.29, 0.717) is 24.5 Å². The molecule has 0 radical (unpaired) electrons. The third-order valence-corrected chi connectivity index (χ3v) is 0.982. The lowest BCUT2D eigenvalue weighted by atomic mass is 10.4. The Morgan fingerprint density at radius 2 is 2.30 bits per heavy atom. The highest BCUT2D eigenvalue weighted by atomic mass is 35.5. The lowest BCUT2D eigenvalue weighted by Crippen LogP contribution is -2.26. The minimum atomic E-state index is -0.0932. The van der Waals surface area contributed by atoms with E-state index in [1.54, 1.807) is 0 Å². The maximum atomic E-state index is 10.7. The highest BCUT2D eigenvalue weighted by Crippen LogP contribution is 1.91. The number of nitrogens with one attached hydrogen (secondary N) is 1. The molecule has 0 saturated carbocycles. The van der Waals surface area contributed by atoms with Gasteiger partial charge >= 0.3 is 0 Å². The van der Waals surface area contributed by atoms with E-state index in [-0.39, 0.29) is 5.91 Å². The van der Waals surface area contributed by atoms with Gasteiger partial charge in [-0.2, -0.15) is 0 Å². The van der Waals surface area contributed by atoms with Crippen molar-refractivity contribution in [2.75, 3.05) is 13.1 Å². The third kappa shape index (κ3) is 5.59. The topological polar surface area (TPSA) is 55.1 Å². The summed E-state index contributed by atoms with van der Waals surface area (Å²) in [6.45, 7) is 4.09. The van der Waals surface area contributed by atoms with Crippen LogP contribution < -0.4 is 11.1 Å².